The molecular formula is C17H11N2NaO6. The molecule has 2 aromatic rings. The van der Waals surface area contributed by atoms with E-state index in [1.54, 1.807) is 30.3 Å². The molecule has 0 aromatic heterocycles. The molecule has 0 radical (unpaired) electrons. The Hall–Kier alpha value is -2.55. The van der Waals surface area contributed by atoms with Crippen molar-refractivity contribution < 1.29 is 54.0 Å². The van der Waals surface area contributed by atoms with Crippen LogP contribution in [0.15, 0.2) is 48.5 Å². The van der Waals surface area contributed by atoms with Crippen LogP contribution in [0.25, 0.3) is 0 Å². The number of nitrogens with zero attached hydrogens (tertiary/aromatic N) is 2. The maximum absolute atomic E-state index is 12.6. The Labute approximate surface area is 169 Å². The zero-order chi connectivity index (χ0) is 18.1. The molecule has 1 aliphatic heterocycles. The largest absolute Gasteiger partial charge is 1.00 e. The molecule has 0 bridgehead atoms. The normalized spacial score (nSPS) is 13.8. The van der Waals surface area contributed by atoms with Crippen LogP contribution in [-0.2, 0) is 11.2 Å². The summed E-state index contributed by atoms with van der Waals surface area (Å²) in [5, 5.41) is 22.7. The predicted octanol–water partition coefficient (Wildman–Crippen LogP) is -2.44. The second-order valence-corrected chi connectivity index (χ2v) is 5.46. The second kappa shape index (κ2) is 7.77. The fraction of sp³-hybridized carbons (Fsp3) is 0.118. The van der Waals surface area contributed by atoms with Gasteiger partial charge in [-0.3, -0.25) is 24.6 Å². The van der Waals surface area contributed by atoms with Gasteiger partial charge < -0.3 is 9.90 Å². The molecule has 0 fully saturated rings. The molecular weight excluding hydrogens is 351 g/mol. The molecule has 3 rings (SSSR count). The van der Waals surface area contributed by atoms with Gasteiger partial charge in [-0.05, 0) is 18.1 Å². The van der Waals surface area contributed by atoms with Crippen LogP contribution in [0.2, 0.25) is 0 Å². The van der Waals surface area contributed by atoms with Crippen LogP contribution in [0.1, 0.15) is 26.3 Å². The Morgan fingerprint density at radius 3 is 2.27 bits per heavy atom. The number of benzene rings is 2. The van der Waals surface area contributed by atoms with E-state index >= 15 is 0 Å². The first-order valence-corrected chi connectivity index (χ1v) is 7.32. The van der Waals surface area contributed by atoms with Gasteiger partial charge in [0.25, 0.3) is 17.5 Å². The third kappa shape index (κ3) is 3.39. The van der Waals surface area contributed by atoms with Crippen molar-refractivity contribution in [3.05, 3.63) is 75.3 Å². The third-order valence-corrected chi connectivity index (χ3v) is 3.98. The SMILES string of the molecule is O=C([O-])C(Cc1ccccc1)N1C(=O)c2cccc([N+](=O)[O-])c2C1=O.[Na+]. The first-order valence-electron chi connectivity index (χ1n) is 7.32. The van der Waals surface area contributed by atoms with Crippen molar-refractivity contribution in [1.82, 2.24) is 4.90 Å². The van der Waals surface area contributed by atoms with E-state index in [0.717, 1.165) is 6.07 Å². The summed E-state index contributed by atoms with van der Waals surface area (Å²) in [7, 11) is 0. The Morgan fingerprint density at radius 2 is 1.69 bits per heavy atom. The average molecular weight is 362 g/mol. The Morgan fingerprint density at radius 1 is 1.04 bits per heavy atom. The van der Waals surface area contributed by atoms with E-state index in [-0.39, 0.29) is 41.5 Å². The van der Waals surface area contributed by atoms with Gasteiger partial charge in [-0.2, -0.15) is 0 Å². The van der Waals surface area contributed by atoms with E-state index in [1.165, 1.54) is 12.1 Å². The monoisotopic (exact) mass is 362 g/mol. The molecule has 1 unspecified atom stereocenters. The first kappa shape index (κ1) is 19.8. The number of amides is 2. The molecule has 1 atom stereocenters. The number of rotatable bonds is 5. The number of hydrogen-bond donors (Lipinski definition) is 0. The van der Waals surface area contributed by atoms with Crippen LogP contribution in [-0.4, -0.2) is 33.6 Å². The molecule has 126 valence electrons. The maximum Gasteiger partial charge on any atom is 1.00 e. The number of imide groups is 1. The molecule has 0 aliphatic carbocycles. The van der Waals surface area contributed by atoms with Crippen LogP contribution in [0.3, 0.4) is 0 Å². The van der Waals surface area contributed by atoms with Crippen molar-refractivity contribution in [2.75, 3.05) is 0 Å². The summed E-state index contributed by atoms with van der Waals surface area (Å²) < 4.78 is 0. The first-order chi connectivity index (χ1) is 11.9. The molecule has 8 nitrogen and oxygen atoms in total. The standard InChI is InChI=1S/C17H12N2O6.Na/c20-15-11-7-4-8-12(19(24)25)14(11)16(21)18(15)13(17(22)23)9-10-5-2-1-3-6-10;/h1-8,13H,9H2,(H,22,23);/q;+1/p-1. The van der Waals surface area contributed by atoms with Crippen LogP contribution < -0.4 is 34.7 Å². The fourth-order valence-corrected chi connectivity index (χ4v) is 2.84. The van der Waals surface area contributed by atoms with Gasteiger partial charge in [0, 0.05) is 6.07 Å². The van der Waals surface area contributed by atoms with Crippen molar-refractivity contribution in [3.63, 3.8) is 0 Å². The number of fused-ring (bicyclic) bond motifs is 1. The molecule has 0 saturated heterocycles. The minimum atomic E-state index is -1.61. The van der Waals surface area contributed by atoms with Gasteiger partial charge in [-0.15, -0.1) is 0 Å². The van der Waals surface area contributed by atoms with Crippen molar-refractivity contribution in [2.45, 2.75) is 12.5 Å². The number of aliphatic carboxylic acids is 1. The number of carboxylic acid groups (broad SMARTS) is 1. The van der Waals surface area contributed by atoms with Crippen molar-refractivity contribution in [1.29, 1.82) is 0 Å². The number of carboxylic acids is 1. The summed E-state index contributed by atoms with van der Waals surface area (Å²) in [6.45, 7) is 0. The average Bonchev–Trinajstić information content (AvgIpc) is 2.85. The van der Waals surface area contributed by atoms with E-state index in [2.05, 4.69) is 0 Å². The minimum absolute atomic E-state index is 0. The van der Waals surface area contributed by atoms with E-state index in [1.807, 2.05) is 0 Å². The van der Waals surface area contributed by atoms with Gasteiger partial charge in [0.15, 0.2) is 0 Å². The van der Waals surface area contributed by atoms with Crippen LogP contribution in [0.4, 0.5) is 5.69 Å². The smallest absolute Gasteiger partial charge is 0.548 e. The number of carbonyl (C=O) groups is 3. The van der Waals surface area contributed by atoms with Crippen LogP contribution in [0.5, 0.6) is 0 Å². The number of hydrogen-bond acceptors (Lipinski definition) is 6. The van der Waals surface area contributed by atoms with E-state index in [9.17, 15) is 29.6 Å². The quantitative estimate of drug-likeness (QED) is 0.252. The van der Waals surface area contributed by atoms with Crippen LogP contribution in [0, 0.1) is 10.1 Å². The minimum Gasteiger partial charge on any atom is -0.548 e. The molecule has 2 aromatic carbocycles. The van der Waals surface area contributed by atoms with Gasteiger partial charge in [-0.1, -0.05) is 36.4 Å². The second-order valence-electron chi connectivity index (χ2n) is 5.46. The molecule has 9 heteroatoms. The summed E-state index contributed by atoms with van der Waals surface area (Å²) in [5.74, 6) is -3.49. The predicted molar refractivity (Wildman–Crippen MR) is 82.5 cm³/mol. The molecule has 0 saturated carbocycles. The molecule has 1 aliphatic rings. The third-order valence-electron chi connectivity index (χ3n) is 3.98. The molecule has 0 spiro atoms. The summed E-state index contributed by atoms with van der Waals surface area (Å²) >= 11 is 0. The number of carbonyl (C=O) groups excluding carboxylic acids is 3. The summed E-state index contributed by atoms with van der Waals surface area (Å²) in [6.07, 6.45) is -0.150. The Bertz CT molecular complexity index is 899. The number of nitro benzene ring substituents is 1. The topological polar surface area (TPSA) is 121 Å². The molecule has 0 N–H and O–H groups in total. The van der Waals surface area contributed by atoms with Crippen molar-refractivity contribution in [3.8, 4) is 0 Å². The van der Waals surface area contributed by atoms with Gasteiger partial charge >= 0.3 is 29.6 Å². The molecule has 1 heterocycles. The van der Waals surface area contributed by atoms with Crippen molar-refractivity contribution >= 4 is 23.5 Å². The maximum atomic E-state index is 12.6. The molecule has 2 amide bonds. The van der Waals surface area contributed by atoms with Gasteiger partial charge in [-0.25, -0.2) is 0 Å². The summed E-state index contributed by atoms with van der Waals surface area (Å²) in [5.41, 5.74) is -0.520. The van der Waals surface area contributed by atoms with E-state index in [0.29, 0.717) is 10.5 Å². The summed E-state index contributed by atoms with van der Waals surface area (Å²) in [4.78, 5) is 47.5. The summed E-state index contributed by atoms with van der Waals surface area (Å²) in [6, 6.07) is 10.5. The van der Waals surface area contributed by atoms with Crippen molar-refractivity contribution in [2.24, 2.45) is 0 Å². The molecule has 26 heavy (non-hydrogen) atoms. The van der Waals surface area contributed by atoms with Gasteiger partial charge in [0.05, 0.1) is 22.5 Å². The van der Waals surface area contributed by atoms with Crippen LogP contribution >= 0.6 is 0 Å². The zero-order valence-corrected chi connectivity index (χ0v) is 15.7. The zero-order valence-electron chi connectivity index (χ0n) is 13.7. The Kier molecular flexibility index (Phi) is 5.91. The Balaban J connectivity index is 0.00000243. The fourth-order valence-electron chi connectivity index (χ4n) is 2.84. The van der Waals surface area contributed by atoms with E-state index in [4.69, 9.17) is 0 Å². The van der Waals surface area contributed by atoms with Gasteiger partial charge in [0.1, 0.15) is 5.56 Å². The number of nitro groups is 1. The van der Waals surface area contributed by atoms with E-state index < -0.39 is 40.0 Å². The van der Waals surface area contributed by atoms with Gasteiger partial charge in [0.2, 0.25) is 0 Å².